The van der Waals surface area contributed by atoms with Crippen LogP contribution in [0, 0.1) is 10.1 Å². The number of benzene rings is 3. The maximum absolute atomic E-state index is 12.6. The first-order chi connectivity index (χ1) is 16.3. The van der Waals surface area contributed by atoms with Gasteiger partial charge in [0.25, 0.3) is 11.6 Å². The number of nitro benzene ring substituents is 1. The third-order valence-electron chi connectivity index (χ3n) is 4.80. The van der Waals surface area contributed by atoms with Gasteiger partial charge in [0.2, 0.25) is 5.91 Å². The third kappa shape index (κ3) is 7.07. The number of amides is 2. The molecule has 0 heterocycles. The number of carbonyl (C=O) groups is 2. The molecular formula is C25H22N4O4S. The van der Waals surface area contributed by atoms with Gasteiger partial charge < -0.3 is 10.6 Å². The molecule has 0 aromatic heterocycles. The maximum atomic E-state index is 12.6. The van der Waals surface area contributed by atoms with E-state index < -0.39 is 10.8 Å². The molecule has 34 heavy (non-hydrogen) atoms. The summed E-state index contributed by atoms with van der Waals surface area (Å²) in [5, 5.41) is 19.1. The van der Waals surface area contributed by atoms with E-state index in [4.69, 9.17) is 12.2 Å². The molecule has 3 aromatic carbocycles. The molecule has 3 aromatic rings. The molecule has 1 atom stereocenters. The molecule has 0 aliphatic rings. The van der Waals surface area contributed by atoms with Crippen LogP contribution in [0.25, 0.3) is 6.08 Å². The molecule has 172 valence electrons. The minimum absolute atomic E-state index is 0.0302. The molecule has 9 heteroatoms. The van der Waals surface area contributed by atoms with E-state index in [9.17, 15) is 19.7 Å². The van der Waals surface area contributed by atoms with Crippen LogP contribution in [0.15, 0.2) is 84.9 Å². The number of anilines is 1. The summed E-state index contributed by atoms with van der Waals surface area (Å²) in [6, 6.07) is 22.0. The van der Waals surface area contributed by atoms with Gasteiger partial charge in [-0.1, -0.05) is 36.4 Å². The Balaban J connectivity index is 1.54. The van der Waals surface area contributed by atoms with Gasteiger partial charge in [0.05, 0.1) is 11.0 Å². The lowest BCUT2D eigenvalue weighted by Gasteiger charge is -2.15. The SMILES string of the molecule is CC(NC(=O)c1cccc(NC(=S)NC(=O)/C=C/c2ccc([N+](=O)[O-])cc2)c1)c1ccccc1. The zero-order valence-corrected chi connectivity index (χ0v) is 19.0. The van der Waals surface area contributed by atoms with Crippen molar-refractivity contribution in [1.29, 1.82) is 0 Å². The Morgan fingerprint density at radius 3 is 2.38 bits per heavy atom. The van der Waals surface area contributed by atoms with Gasteiger partial charge in [0.15, 0.2) is 5.11 Å². The number of thiocarbonyl (C=S) groups is 1. The highest BCUT2D eigenvalue weighted by atomic mass is 32.1. The van der Waals surface area contributed by atoms with E-state index >= 15 is 0 Å². The topological polar surface area (TPSA) is 113 Å². The molecule has 0 saturated heterocycles. The summed E-state index contributed by atoms with van der Waals surface area (Å²) >= 11 is 5.18. The van der Waals surface area contributed by atoms with E-state index in [1.54, 1.807) is 24.3 Å². The highest BCUT2D eigenvalue weighted by Crippen LogP contribution is 2.15. The zero-order chi connectivity index (χ0) is 24.5. The minimum Gasteiger partial charge on any atom is -0.346 e. The summed E-state index contributed by atoms with van der Waals surface area (Å²) in [5.74, 6) is -0.706. The van der Waals surface area contributed by atoms with Gasteiger partial charge in [0, 0.05) is 29.5 Å². The van der Waals surface area contributed by atoms with Crippen molar-refractivity contribution in [3.8, 4) is 0 Å². The van der Waals surface area contributed by atoms with Gasteiger partial charge in [-0.2, -0.15) is 0 Å². The average Bonchev–Trinajstić information content (AvgIpc) is 2.83. The second-order valence-electron chi connectivity index (χ2n) is 7.31. The first kappa shape index (κ1) is 24.3. The number of hydrogen-bond acceptors (Lipinski definition) is 5. The molecule has 0 saturated carbocycles. The van der Waals surface area contributed by atoms with Crippen molar-refractivity contribution in [2.24, 2.45) is 0 Å². The second kappa shape index (κ2) is 11.5. The second-order valence-corrected chi connectivity index (χ2v) is 7.72. The van der Waals surface area contributed by atoms with Crippen molar-refractivity contribution in [3.05, 3.63) is 112 Å². The molecule has 0 bridgehead atoms. The van der Waals surface area contributed by atoms with Crippen LogP contribution in [0.5, 0.6) is 0 Å². The van der Waals surface area contributed by atoms with Crippen LogP contribution >= 0.6 is 12.2 Å². The van der Waals surface area contributed by atoms with Gasteiger partial charge in [-0.05, 0) is 66.7 Å². The van der Waals surface area contributed by atoms with Crippen molar-refractivity contribution in [3.63, 3.8) is 0 Å². The standard InChI is InChI=1S/C25H22N4O4S/c1-17(19-6-3-2-4-7-19)26-24(31)20-8-5-9-21(16-20)27-25(34)28-23(30)15-12-18-10-13-22(14-11-18)29(32)33/h2-17H,1H3,(H,26,31)(H2,27,28,30,34)/b15-12+. The fourth-order valence-electron chi connectivity index (χ4n) is 3.04. The van der Waals surface area contributed by atoms with Crippen molar-refractivity contribution in [2.75, 3.05) is 5.32 Å². The molecule has 0 aliphatic heterocycles. The van der Waals surface area contributed by atoms with Crippen molar-refractivity contribution in [1.82, 2.24) is 10.6 Å². The molecule has 0 spiro atoms. The summed E-state index contributed by atoms with van der Waals surface area (Å²) in [5.41, 5.74) is 2.58. The quantitative estimate of drug-likeness (QED) is 0.199. The van der Waals surface area contributed by atoms with E-state index in [2.05, 4.69) is 16.0 Å². The smallest absolute Gasteiger partial charge is 0.269 e. The molecule has 0 radical (unpaired) electrons. The largest absolute Gasteiger partial charge is 0.346 e. The lowest BCUT2D eigenvalue weighted by Crippen LogP contribution is -2.33. The van der Waals surface area contributed by atoms with E-state index in [-0.39, 0.29) is 22.7 Å². The lowest BCUT2D eigenvalue weighted by molar-refractivity contribution is -0.384. The molecule has 0 aliphatic carbocycles. The predicted molar refractivity (Wildman–Crippen MR) is 135 cm³/mol. The van der Waals surface area contributed by atoms with Crippen LogP contribution in [-0.4, -0.2) is 21.9 Å². The Bertz CT molecular complexity index is 1230. The molecular weight excluding hydrogens is 452 g/mol. The number of nitrogens with one attached hydrogen (secondary N) is 3. The van der Waals surface area contributed by atoms with E-state index in [0.717, 1.165) is 5.56 Å². The van der Waals surface area contributed by atoms with Gasteiger partial charge in [0.1, 0.15) is 0 Å². The van der Waals surface area contributed by atoms with Gasteiger partial charge in [-0.15, -0.1) is 0 Å². The third-order valence-corrected chi connectivity index (χ3v) is 5.00. The van der Waals surface area contributed by atoms with Crippen molar-refractivity contribution < 1.29 is 14.5 Å². The minimum atomic E-state index is -0.493. The molecule has 3 N–H and O–H groups in total. The molecule has 2 amide bonds. The molecule has 8 nitrogen and oxygen atoms in total. The Morgan fingerprint density at radius 2 is 1.71 bits per heavy atom. The Kier molecular flexibility index (Phi) is 8.20. The van der Waals surface area contributed by atoms with Crippen LogP contribution < -0.4 is 16.0 Å². The highest BCUT2D eigenvalue weighted by Gasteiger charge is 2.12. The van der Waals surface area contributed by atoms with Crippen LogP contribution in [0.3, 0.4) is 0 Å². The Hall–Kier alpha value is -4.37. The Morgan fingerprint density at radius 1 is 1.00 bits per heavy atom. The fourth-order valence-corrected chi connectivity index (χ4v) is 3.26. The molecule has 3 rings (SSSR count). The summed E-state index contributed by atoms with van der Waals surface area (Å²) in [7, 11) is 0. The van der Waals surface area contributed by atoms with Gasteiger partial charge >= 0.3 is 0 Å². The monoisotopic (exact) mass is 474 g/mol. The number of rotatable bonds is 7. The number of hydrogen-bond donors (Lipinski definition) is 3. The van der Waals surface area contributed by atoms with Crippen LogP contribution in [0.2, 0.25) is 0 Å². The normalized spacial score (nSPS) is 11.4. The zero-order valence-electron chi connectivity index (χ0n) is 18.2. The number of carbonyl (C=O) groups excluding carboxylic acids is 2. The van der Waals surface area contributed by atoms with E-state index in [1.807, 2.05) is 37.3 Å². The van der Waals surface area contributed by atoms with Crippen molar-refractivity contribution >= 4 is 46.6 Å². The van der Waals surface area contributed by atoms with Crippen LogP contribution in [0.1, 0.15) is 34.5 Å². The number of non-ortho nitro benzene ring substituents is 1. The number of nitrogens with zero attached hydrogens (tertiary/aromatic N) is 1. The Labute approximate surface area is 201 Å². The van der Waals surface area contributed by atoms with E-state index in [1.165, 1.54) is 36.4 Å². The molecule has 1 unspecified atom stereocenters. The van der Waals surface area contributed by atoms with Gasteiger partial charge in [-0.25, -0.2) is 0 Å². The summed E-state index contributed by atoms with van der Waals surface area (Å²) < 4.78 is 0. The first-order valence-electron chi connectivity index (χ1n) is 10.3. The first-order valence-corrected chi connectivity index (χ1v) is 10.7. The van der Waals surface area contributed by atoms with E-state index in [0.29, 0.717) is 16.8 Å². The summed E-state index contributed by atoms with van der Waals surface area (Å²) in [6.07, 6.45) is 2.78. The molecule has 0 fully saturated rings. The average molecular weight is 475 g/mol. The van der Waals surface area contributed by atoms with Gasteiger partial charge in [-0.3, -0.25) is 25.0 Å². The highest BCUT2D eigenvalue weighted by molar-refractivity contribution is 7.80. The fraction of sp³-hybridized carbons (Fsp3) is 0.0800. The lowest BCUT2D eigenvalue weighted by atomic mass is 10.1. The summed E-state index contributed by atoms with van der Waals surface area (Å²) in [6.45, 7) is 1.91. The van der Waals surface area contributed by atoms with Crippen LogP contribution in [0.4, 0.5) is 11.4 Å². The van der Waals surface area contributed by atoms with Crippen molar-refractivity contribution in [2.45, 2.75) is 13.0 Å². The number of nitro groups is 1. The predicted octanol–water partition coefficient (Wildman–Crippen LogP) is 4.61. The summed E-state index contributed by atoms with van der Waals surface area (Å²) in [4.78, 5) is 35.0. The van der Waals surface area contributed by atoms with Crippen LogP contribution in [-0.2, 0) is 4.79 Å². The maximum Gasteiger partial charge on any atom is 0.269 e.